The van der Waals surface area contributed by atoms with Crippen molar-refractivity contribution in [2.24, 2.45) is 0 Å². The number of benzene rings is 1. The lowest BCUT2D eigenvalue weighted by atomic mass is 10.2. The number of aryl methyl sites for hydroxylation is 2. The summed E-state index contributed by atoms with van der Waals surface area (Å²) < 4.78 is 11.9. The normalized spacial score (nSPS) is 12.2. The minimum Gasteiger partial charge on any atom is -0.454 e. The zero-order valence-electron chi connectivity index (χ0n) is 14.1. The Labute approximate surface area is 147 Å². The fourth-order valence-electron chi connectivity index (χ4n) is 2.64. The quantitative estimate of drug-likeness (QED) is 0.739. The Hall–Kier alpha value is -3.62. The van der Waals surface area contributed by atoms with Crippen molar-refractivity contribution in [1.29, 1.82) is 0 Å². The summed E-state index contributed by atoms with van der Waals surface area (Å²) in [5, 5.41) is 7.07. The van der Waals surface area contributed by atoms with E-state index in [1.807, 2.05) is 0 Å². The number of fused-ring (bicyclic) bond motifs is 1. The van der Waals surface area contributed by atoms with Crippen LogP contribution in [0.2, 0.25) is 0 Å². The van der Waals surface area contributed by atoms with E-state index in [1.54, 1.807) is 38.1 Å². The molecule has 0 spiro atoms. The zero-order valence-corrected chi connectivity index (χ0v) is 14.1. The first-order valence-electron chi connectivity index (χ1n) is 7.85. The summed E-state index contributed by atoms with van der Waals surface area (Å²) in [5.74, 6) is 1.39. The number of hydrogen-bond donors (Lipinski definition) is 2. The van der Waals surface area contributed by atoms with Crippen LogP contribution in [-0.4, -0.2) is 32.4 Å². The highest BCUT2D eigenvalue weighted by Gasteiger charge is 2.18. The highest BCUT2D eigenvalue weighted by molar-refractivity contribution is 6.04. The molecule has 0 saturated carbocycles. The van der Waals surface area contributed by atoms with E-state index >= 15 is 0 Å². The van der Waals surface area contributed by atoms with Crippen molar-refractivity contribution in [2.45, 2.75) is 13.8 Å². The molecule has 3 aromatic rings. The Morgan fingerprint density at radius 1 is 1.15 bits per heavy atom. The van der Waals surface area contributed by atoms with Gasteiger partial charge in [0, 0.05) is 23.4 Å². The first-order chi connectivity index (χ1) is 12.5. The summed E-state index contributed by atoms with van der Waals surface area (Å²) in [6.45, 7) is 3.62. The van der Waals surface area contributed by atoms with Gasteiger partial charge in [0.05, 0.1) is 5.69 Å². The maximum atomic E-state index is 12.6. The summed E-state index contributed by atoms with van der Waals surface area (Å²) in [6, 6.07) is 8.00. The van der Waals surface area contributed by atoms with Gasteiger partial charge >= 0.3 is 0 Å². The van der Waals surface area contributed by atoms with Gasteiger partial charge in [-0.25, -0.2) is 4.98 Å². The van der Waals surface area contributed by atoms with E-state index in [-0.39, 0.29) is 24.2 Å². The molecule has 2 N–H and O–H groups in total. The maximum Gasteiger partial charge on any atom is 0.256 e. The number of hydrogen-bond acceptors (Lipinski definition) is 6. The van der Waals surface area contributed by atoms with Crippen LogP contribution in [0.15, 0.2) is 35.1 Å². The molecule has 3 heterocycles. The summed E-state index contributed by atoms with van der Waals surface area (Å²) in [7, 11) is 0. The van der Waals surface area contributed by atoms with Crippen LogP contribution in [-0.2, 0) is 0 Å². The molecule has 0 fully saturated rings. The second-order valence-electron chi connectivity index (χ2n) is 5.82. The molecule has 132 valence electrons. The van der Waals surface area contributed by atoms with E-state index in [9.17, 15) is 9.59 Å². The lowest BCUT2D eigenvalue weighted by Gasteiger charge is -2.09. The lowest BCUT2D eigenvalue weighted by molar-refractivity contribution is 0.102. The predicted octanol–water partition coefficient (Wildman–Crippen LogP) is 1.55. The number of nitrogens with one attached hydrogen (secondary N) is 2. The number of aromatic nitrogens is 4. The number of amides is 1. The van der Waals surface area contributed by atoms with Gasteiger partial charge in [0.15, 0.2) is 11.5 Å². The number of ether oxygens (including phenoxy) is 2. The maximum absolute atomic E-state index is 12.6. The third kappa shape index (κ3) is 2.90. The van der Waals surface area contributed by atoms with Crippen molar-refractivity contribution in [3.63, 3.8) is 0 Å². The first-order valence-corrected chi connectivity index (χ1v) is 7.85. The molecule has 0 atom stereocenters. The number of nitrogens with zero attached hydrogens (tertiary/aromatic N) is 3. The van der Waals surface area contributed by atoms with Gasteiger partial charge in [0.1, 0.15) is 5.82 Å². The molecular formula is C17H15N5O4. The second-order valence-corrected chi connectivity index (χ2v) is 5.82. The fraction of sp³-hybridized carbons (Fsp3) is 0.176. The Balaban J connectivity index is 1.66. The van der Waals surface area contributed by atoms with Crippen LogP contribution >= 0.6 is 0 Å². The topological polar surface area (TPSA) is 111 Å². The molecule has 9 nitrogen and oxygen atoms in total. The average molecular weight is 353 g/mol. The van der Waals surface area contributed by atoms with Gasteiger partial charge in [-0.3, -0.25) is 14.6 Å². The van der Waals surface area contributed by atoms with Gasteiger partial charge in [-0.1, -0.05) is 0 Å². The van der Waals surface area contributed by atoms with Gasteiger partial charge in [0.25, 0.3) is 11.5 Å². The summed E-state index contributed by atoms with van der Waals surface area (Å²) in [6.07, 6.45) is 0. The molecule has 0 radical (unpaired) electrons. The Morgan fingerprint density at radius 2 is 1.96 bits per heavy atom. The summed E-state index contributed by atoms with van der Waals surface area (Å²) in [4.78, 5) is 31.2. The molecule has 1 amide bonds. The minimum absolute atomic E-state index is 0.138. The van der Waals surface area contributed by atoms with Gasteiger partial charge in [-0.15, -0.1) is 0 Å². The molecule has 2 aromatic heterocycles. The SMILES string of the molecule is Cc1cc(=O)[nH]c(-n2nc(C)cc2NC(=O)c2ccc3c(c2)OCO3)n1. The van der Waals surface area contributed by atoms with Crippen LogP contribution in [0.1, 0.15) is 21.7 Å². The monoisotopic (exact) mass is 353 g/mol. The number of carbonyl (C=O) groups excluding carboxylic acids is 1. The number of rotatable bonds is 3. The van der Waals surface area contributed by atoms with E-state index in [4.69, 9.17) is 9.47 Å². The van der Waals surface area contributed by atoms with E-state index in [0.29, 0.717) is 34.3 Å². The van der Waals surface area contributed by atoms with Gasteiger partial charge < -0.3 is 14.8 Å². The smallest absolute Gasteiger partial charge is 0.256 e. The van der Waals surface area contributed by atoms with Crippen molar-refractivity contribution >= 4 is 11.7 Å². The molecule has 9 heteroatoms. The molecule has 1 aliphatic rings. The number of aromatic amines is 1. The van der Waals surface area contributed by atoms with Crippen LogP contribution in [0.25, 0.3) is 5.95 Å². The van der Waals surface area contributed by atoms with Crippen molar-refractivity contribution in [3.05, 3.63) is 57.6 Å². The van der Waals surface area contributed by atoms with Crippen LogP contribution in [0.5, 0.6) is 11.5 Å². The Morgan fingerprint density at radius 3 is 2.77 bits per heavy atom. The number of carbonyl (C=O) groups is 1. The highest BCUT2D eigenvalue weighted by atomic mass is 16.7. The largest absolute Gasteiger partial charge is 0.454 e. The van der Waals surface area contributed by atoms with Crippen LogP contribution < -0.4 is 20.3 Å². The van der Waals surface area contributed by atoms with Crippen LogP contribution in [0.3, 0.4) is 0 Å². The zero-order chi connectivity index (χ0) is 18.3. The third-order valence-corrected chi connectivity index (χ3v) is 3.77. The fourth-order valence-corrected chi connectivity index (χ4v) is 2.64. The summed E-state index contributed by atoms with van der Waals surface area (Å²) in [5.41, 5.74) is 1.32. The van der Waals surface area contributed by atoms with E-state index in [2.05, 4.69) is 20.4 Å². The number of anilines is 1. The van der Waals surface area contributed by atoms with Crippen molar-refractivity contribution in [1.82, 2.24) is 19.7 Å². The standard InChI is InChI=1S/C17H15N5O4/c1-9-6-15(23)20-17(18-9)22-14(5-10(2)21-22)19-16(24)11-3-4-12-13(7-11)26-8-25-12/h3-7H,8H2,1-2H3,(H,19,24)(H,18,20,23). The second kappa shape index (κ2) is 6.03. The molecule has 26 heavy (non-hydrogen) atoms. The molecule has 0 saturated heterocycles. The molecular weight excluding hydrogens is 338 g/mol. The van der Waals surface area contributed by atoms with Crippen LogP contribution in [0, 0.1) is 13.8 Å². The molecule has 0 aliphatic carbocycles. The highest BCUT2D eigenvalue weighted by Crippen LogP contribution is 2.32. The lowest BCUT2D eigenvalue weighted by Crippen LogP contribution is -2.18. The minimum atomic E-state index is -0.348. The first kappa shape index (κ1) is 15.9. The van der Waals surface area contributed by atoms with E-state index in [1.165, 1.54) is 10.7 Å². The van der Waals surface area contributed by atoms with Crippen molar-refractivity contribution in [3.8, 4) is 17.4 Å². The predicted molar refractivity (Wildman–Crippen MR) is 92.0 cm³/mol. The van der Waals surface area contributed by atoms with Crippen molar-refractivity contribution < 1.29 is 14.3 Å². The molecule has 1 aliphatic heterocycles. The Bertz CT molecular complexity index is 1070. The van der Waals surface area contributed by atoms with Crippen molar-refractivity contribution in [2.75, 3.05) is 12.1 Å². The van der Waals surface area contributed by atoms with E-state index < -0.39 is 0 Å². The van der Waals surface area contributed by atoms with E-state index in [0.717, 1.165) is 0 Å². The molecule has 1 aromatic carbocycles. The molecule has 4 rings (SSSR count). The molecule has 0 bridgehead atoms. The molecule has 0 unspecified atom stereocenters. The summed E-state index contributed by atoms with van der Waals surface area (Å²) >= 11 is 0. The average Bonchev–Trinajstić information content (AvgIpc) is 3.19. The van der Waals surface area contributed by atoms with Gasteiger partial charge in [0.2, 0.25) is 12.7 Å². The number of H-pyrrole nitrogens is 1. The third-order valence-electron chi connectivity index (χ3n) is 3.77. The van der Waals surface area contributed by atoms with Crippen LogP contribution in [0.4, 0.5) is 5.82 Å². The van der Waals surface area contributed by atoms with Gasteiger partial charge in [-0.05, 0) is 32.0 Å². The van der Waals surface area contributed by atoms with Gasteiger partial charge in [-0.2, -0.15) is 9.78 Å². The Kier molecular flexibility index (Phi) is 3.68.